The van der Waals surface area contributed by atoms with Gasteiger partial charge in [0.1, 0.15) is 5.82 Å². The van der Waals surface area contributed by atoms with Gasteiger partial charge in [-0.15, -0.1) is 0 Å². The minimum absolute atomic E-state index is 0.230. The Morgan fingerprint density at radius 3 is 2.95 bits per heavy atom. The second-order valence-corrected chi connectivity index (χ2v) is 7.17. The molecular formula is C16H23ClFNS. The number of rotatable bonds is 6. The van der Waals surface area contributed by atoms with Crippen LogP contribution >= 0.6 is 23.4 Å². The van der Waals surface area contributed by atoms with E-state index in [0.717, 1.165) is 24.9 Å². The van der Waals surface area contributed by atoms with E-state index in [1.807, 2.05) is 6.07 Å². The van der Waals surface area contributed by atoms with Gasteiger partial charge >= 0.3 is 0 Å². The van der Waals surface area contributed by atoms with Gasteiger partial charge in [-0.05, 0) is 55.7 Å². The van der Waals surface area contributed by atoms with Gasteiger partial charge in [0.05, 0.1) is 5.02 Å². The third kappa shape index (κ3) is 4.64. The standard InChI is InChI=1S/C16H23ClFNS/c1-2-8-19-15(16-5-3-4-9-20-16)11-12-6-7-14(18)13(17)10-12/h6-7,10,15-16,19H,2-5,8-9,11H2,1H3. The third-order valence-electron chi connectivity index (χ3n) is 3.76. The first-order valence-electron chi connectivity index (χ1n) is 7.49. The molecule has 1 heterocycles. The van der Waals surface area contributed by atoms with Gasteiger partial charge in [-0.25, -0.2) is 4.39 Å². The summed E-state index contributed by atoms with van der Waals surface area (Å²) in [6.45, 7) is 3.23. The Labute approximate surface area is 130 Å². The zero-order valence-electron chi connectivity index (χ0n) is 12.0. The highest BCUT2D eigenvalue weighted by Crippen LogP contribution is 2.29. The van der Waals surface area contributed by atoms with E-state index in [1.165, 1.54) is 31.1 Å². The predicted octanol–water partition coefficient (Wildman–Crippen LogP) is 4.68. The van der Waals surface area contributed by atoms with Crippen molar-refractivity contribution in [2.24, 2.45) is 0 Å². The van der Waals surface area contributed by atoms with Crippen LogP contribution in [0.2, 0.25) is 5.02 Å². The summed E-state index contributed by atoms with van der Waals surface area (Å²) in [4.78, 5) is 0. The zero-order valence-corrected chi connectivity index (χ0v) is 13.6. The number of nitrogens with one attached hydrogen (secondary N) is 1. The summed E-state index contributed by atoms with van der Waals surface area (Å²) in [5.41, 5.74) is 1.12. The minimum Gasteiger partial charge on any atom is -0.313 e. The first kappa shape index (κ1) is 16.1. The van der Waals surface area contributed by atoms with E-state index in [0.29, 0.717) is 11.3 Å². The summed E-state index contributed by atoms with van der Waals surface area (Å²) in [6.07, 6.45) is 6.01. The molecule has 20 heavy (non-hydrogen) atoms. The fraction of sp³-hybridized carbons (Fsp3) is 0.625. The van der Waals surface area contributed by atoms with Crippen molar-refractivity contribution >= 4 is 23.4 Å². The summed E-state index contributed by atoms with van der Waals surface area (Å²) in [5, 5.41) is 4.56. The van der Waals surface area contributed by atoms with Crippen molar-refractivity contribution in [3.8, 4) is 0 Å². The average Bonchev–Trinajstić information content (AvgIpc) is 2.48. The van der Waals surface area contributed by atoms with Crippen LogP contribution in [0.3, 0.4) is 0 Å². The topological polar surface area (TPSA) is 12.0 Å². The van der Waals surface area contributed by atoms with E-state index in [-0.39, 0.29) is 10.8 Å². The highest BCUT2D eigenvalue weighted by Gasteiger charge is 2.24. The molecule has 2 rings (SSSR count). The van der Waals surface area contributed by atoms with Crippen molar-refractivity contribution in [2.45, 2.75) is 50.3 Å². The van der Waals surface area contributed by atoms with Crippen LogP contribution in [-0.4, -0.2) is 23.6 Å². The van der Waals surface area contributed by atoms with Crippen LogP contribution in [0, 0.1) is 5.82 Å². The average molecular weight is 316 g/mol. The molecule has 0 spiro atoms. The third-order valence-corrected chi connectivity index (χ3v) is 5.57. The van der Waals surface area contributed by atoms with E-state index in [2.05, 4.69) is 24.0 Å². The smallest absolute Gasteiger partial charge is 0.141 e. The number of benzene rings is 1. The maximum atomic E-state index is 13.2. The fourth-order valence-corrected chi connectivity index (χ4v) is 4.30. The molecule has 4 heteroatoms. The van der Waals surface area contributed by atoms with Crippen molar-refractivity contribution in [1.82, 2.24) is 5.32 Å². The summed E-state index contributed by atoms with van der Waals surface area (Å²) in [5.74, 6) is 0.930. The number of hydrogen-bond acceptors (Lipinski definition) is 2. The van der Waals surface area contributed by atoms with Crippen molar-refractivity contribution < 1.29 is 4.39 Å². The molecule has 1 saturated heterocycles. The molecule has 1 fully saturated rings. The van der Waals surface area contributed by atoms with E-state index < -0.39 is 0 Å². The molecule has 0 aromatic heterocycles. The van der Waals surface area contributed by atoms with Gasteiger partial charge in [0.25, 0.3) is 0 Å². The first-order valence-corrected chi connectivity index (χ1v) is 8.92. The van der Waals surface area contributed by atoms with Gasteiger partial charge in [-0.1, -0.05) is 31.0 Å². The summed E-state index contributed by atoms with van der Waals surface area (Å²) < 4.78 is 13.2. The van der Waals surface area contributed by atoms with Crippen LogP contribution in [0.1, 0.15) is 38.2 Å². The molecule has 0 radical (unpaired) electrons. The van der Waals surface area contributed by atoms with E-state index in [1.54, 1.807) is 6.07 Å². The van der Waals surface area contributed by atoms with Gasteiger partial charge in [-0.2, -0.15) is 11.8 Å². The maximum Gasteiger partial charge on any atom is 0.141 e. The molecule has 1 aliphatic heterocycles. The lowest BCUT2D eigenvalue weighted by atomic mass is 9.99. The Kier molecular flexibility index (Phi) is 6.66. The first-order chi connectivity index (χ1) is 9.70. The summed E-state index contributed by atoms with van der Waals surface area (Å²) >= 11 is 7.97. The molecule has 112 valence electrons. The van der Waals surface area contributed by atoms with E-state index in [9.17, 15) is 4.39 Å². The Morgan fingerprint density at radius 1 is 1.45 bits per heavy atom. The quantitative estimate of drug-likeness (QED) is 0.818. The molecule has 1 nitrogen and oxygen atoms in total. The molecule has 0 saturated carbocycles. The van der Waals surface area contributed by atoms with Crippen LogP contribution in [0.4, 0.5) is 4.39 Å². The van der Waals surface area contributed by atoms with Crippen molar-refractivity contribution in [3.05, 3.63) is 34.6 Å². The second-order valence-electron chi connectivity index (χ2n) is 5.42. The van der Waals surface area contributed by atoms with Crippen molar-refractivity contribution in [2.75, 3.05) is 12.3 Å². The molecule has 1 aromatic carbocycles. The van der Waals surface area contributed by atoms with Crippen molar-refractivity contribution in [1.29, 1.82) is 0 Å². The molecule has 2 unspecified atom stereocenters. The van der Waals surface area contributed by atoms with Crippen molar-refractivity contribution in [3.63, 3.8) is 0 Å². The van der Waals surface area contributed by atoms with Crippen LogP contribution < -0.4 is 5.32 Å². The molecule has 1 N–H and O–H groups in total. The Balaban J connectivity index is 2.03. The number of thioether (sulfide) groups is 1. The Morgan fingerprint density at radius 2 is 2.30 bits per heavy atom. The molecule has 1 aromatic rings. The van der Waals surface area contributed by atoms with Crippen LogP contribution in [0.5, 0.6) is 0 Å². The maximum absolute atomic E-state index is 13.2. The monoisotopic (exact) mass is 315 g/mol. The molecule has 0 bridgehead atoms. The highest BCUT2D eigenvalue weighted by molar-refractivity contribution is 8.00. The zero-order chi connectivity index (χ0) is 14.4. The van der Waals surface area contributed by atoms with Gasteiger partial charge in [0.15, 0.2) is 0 Å². The molecule has 0 aliphatic carbocycles. The Bertz CT molecular complexity index is 421. The molecule has 0 amide bonds. The van der Waals surface area contributed by atoms with Gasteiger partial charge in [0.2, 0.25) is 0 Å². The lowest BCUT2D eigenvalue weighted by Crippen LogP contribution is -2.41. The van der Waals surface area contributed by atoms with Gasteiger partial charge < -0.3 is 5.32 Å². The largest absolute Gasteiger partial charge is 0.313 e. The normalized spacial score (nSPS) is 20.9. The number of halogens is 2. The van der Waals surface area contributed by atoms with Gasteiger partial charge in [-0.3, -0.25) is 0 Å². The van der Waals surface area contributed by atoms with E-state index in [4.69, 9.17) is 11.6 Å². The Hall–Kier alpha value is -0.250. The minimum atomic E-state index is -0.333. The SMILES string of the molecule is CCCNC(Cc1ccc(F)c(Cl)c1)C1CCCCS1. The summed E-state index contributed by atoms with van der Waals surface area (Å²) in [6, 6.07) is 5.56. The summed E-state index contributed by atoms with van der Waals surface area (Å²) in [7, 11) is 0. The fourth-order valence-electron chi connectivity index (χ4n) is 2.67. The second kappa shape index (κ2) is 8.26. The molecule has 2 atom stereocenters. The predicted molar refractivity (Wildman–Crippen MR) is 87.3 cm³/mol. The van der Waals surface area contributed by atoms with Crippen LogP contribution in [-0.2, 0) is 6.42 Å². The highest BCUT2D eigenvalue weighted by atomic mass is 35.5. The molecule has 1 aliphatic rings. The lowest BCUT2D eigenvalue weighted by Gasteiger charge is -2.31. The lowest BCUT2D eigenvalue weighted by molar-refractivity contribution is 0.461. The van der Waals surface area contributed by atoms with E-state index >= 15 is 0 Å². The van der Waals surface area contributed by atoms with Crippen LogP contribution in [0.25, 0.3) is 0 Å². The van der Waals surface area contributed by atoms with Crippen LogP contribution in [0.15, 0.2) is 18.2 Å². The number of hydrogen-bond donors (Lipinski definition) is 1. The van der Waals surface area contributed by atoms with Gasteiger partial charge in [0, 0.05) is 11.3 Å². The molecular weight excluding hydrogens is 293 g/mol.